The fourth-order valence-corrected chi connectivity index (χ4v) is 2.15. The van der Waals surface area contributed by atoms with E-state index in [0.717, 1.165) is 18.9 Å². The quantitative estimate of drug-likeness (QED) is 0.847. The van der Waals surface area contributed by atoms with E-state index >= 15 is 0 Å². The Labute approximate surface area is 102 Å². The molecule has 0 radical (unpaired) electrons. The van der Waals surface area contributed by atoms with Crippen molar-refractivity contribution in [3.05, 3.63) is 12.4 Å². The van der Waals surface area contributed by atoms with E-state index in [1.807, 2.05) is 20.0 Å². The van der Waals surface area contributed by atoms with Crippen LogP contribution in [0.1, 0.15) is 19.8 Å². The first kappa shape index (κ1) is 12.1. The lowest BCUT2D eigenvalue weighted by molar-refractivity contribution is 0.326. The predicted octanol–water partition coefficient (Wildman–Crippen LogP) is 1.06. The molecule has 1 fully saturated rings. The Morgan fingerprint density at radius 1 is 1.53 bits per heavy atom. The number of likely N-dealkylation sites (N-methyl/N-ethyl adjacent to an activating group) is 1. The Bertz CT molecular complexity index is 358. The molecular weight excluding hydrogens is 216 g/mol. The number of nitrogens with zero attached hydrogens (tertiary/aromatic N) is 3. The van der Waals surface area contributed by atoms with Crippen LogP contribution in [0.2, 0.25) is 0 Å². The minimum atomic E-state index is 0.550. The van der Waals surface area contributed by atoms with Crippen LogP contribution in [0.3, 0.4) is 0 Å². The van der Waals surface area contributed by atoms with Gasteiger partial charge < -0.3 is 15.0 Å². The summed E-state index contributed by atoms with van der Waals surface area (Å²) in [4.78, 5) is 10.7. The molecule has 1 aliphatic heterocycles. The zero-order chi connectivity index (χ0) is 12.1. The second-order valence-electron chi connectivity index (χ2n) is 4.22. The van der Waals surface area contributed by atoms with Gasteiger partial charge in [-0.15, -0.1) is 0 Å². The van der Waals surface area contributed by atoms with Crippen LogP contribution in [0.15, 0.2) is 12.4 Å². The third-order valence-corrected chi connectivity index (χ3v) is 3.07. The molecule has 2 heterocycles. The predicted molar refractivity (Wildman–Crippen MR) is 67.5 cm³/mol. The maximum atomic E-state index is 5.40. The molecule has 0 aromatic carbocycles. The fraction of sp³-hybridized carbons (Fsp3) is 0.667. The minimum Gasteiger partial charge on any atom is -0.478 e. The first-order chi connectivity index (χ1) is 8.33. The van der Waals surface area contributed by atoms with Gasteiger partial charge in [0.2, 0.25) is 5.88 Å². The molecule has 1 atom stereocenters. The SMILES string of the molecule is CCOc1cc(N2CCC[C@@H](NC)C2)ncn1. The molecule has 2 rings (SSSR count). The van der Waals surface area contributed by atoms with Crippen molar-refractivity contribution in [3.8, 4) is 5.88 Å². The molecule has 1 aromatic rings. The highest BCUT2D eigenvalue weighted by Crippen LogP contribution is 2.20. The molecule has 5 heteroatoms. The lowest BCUT2D eigenvalue weighted by Gasteiger charge is -2.33. The van der Waals surface area contributed by atoms with Crippen LogP contribution in [0.25, 0.3) is 0 Å². The van der Waals surface area contributed by atoms with Crippen LogP contribution in [-0.2, 0) is 0 Å². The molecule has 5 nitrogen and oxygen atoms in total. The zero-order valence-electron chi connectivity index (χ0n) is 10.5. The normalized spacial score (nSPS) is 20.4. The summed E-state index contributed by atoms with van der Waals surface area (Å²) in [5, 5.41) is 3.33. The Morgan fingerprint density at radius 2 is 2.41 bits per heavy atom. The van der Waals surface area contributed by atoms with Crippen molar-refractivity contribution in [1.82, 2.24) is 15.3 Å². The standard InChI is InChI=1S/C12H20N4O/c1-3-17-12-7-11(14-9-15-12)16-6-4-5-10(8-16)13-2/h7,9-10,13H,3-6,8H2,1-2H3/t10-/m1/s1. The zero-order valence-corrected chi connectivity index (χ0v) is 10.5. The van der Waals surface area contributed by atoms with Crippen molar-refractivity contribution in [2.45, 2.75) is 25.8 Å². The minimum absolute atomic E-state index is 0.550. The number of anilines is 1. The Kier molecular flexibility index (Phi) is 4.14. The van der Waals surface area contributed by atoms with E-state index in [9.17, 15) is 0 Å². The lowest BCUT2D eigenvalue weighted by Crippen LogP contribution is -2.44. The second kappa shape index (κ2) is 5.82. The van der Waals surface area contributed by atoms with Crippen molar-refractivity contribution in [2.75, 3.05) is 31.6 Å². The van der Waals surface area contributed by atoms with Crippen molar-refractivity contribution in [1.29, 1.82) is 0 Å². The number of hydrogen-bond acceptors (Lipinski definition) is 5. The first-order valence-electron chi connectivity index (χ1n) is 6.20. The van der Waals surface area contributed by atoms with E-state index in [4.69, 9.17) is 4.74 Å². The molecule has 1 N–H and O–H groups in total. The number of rotatable bonds is 4. The molecule has 1 aromatic heterocycles. The van der Waals surface area contributed by atoms with Crippen molar-refractivity contribution in [3.63, 3.8) is 0 Å². The van der Waals surface area contributed by atoms with Crippen LogP contribution in [0.4, 0.5) is 5.82 Å². The van der Waals surface area contributed by atoms with Gasteiger partial charge in [-0.25, -0.2) is 9.97 Å². The molecule has 1 aliphatic rings. The van der Waals surface area contributed by atoms with Gasteiger partial charge in [0.1, 0.15) is 12.1 Å². The van der Waals surface area contributed by atoms with Gasteiger partial charge in [-0.1, -0.05) is 0 Å². The maximum Gasteiger partial charge on any atom is 0.218 e. The average molecular weight is 236 g/mol. The molecule has 17 heavy (non-hydrogen) atoms. The van der Waals surface area contributed by atoms with Gasteiger partial charge in [0.05, 0.1) is 6.61 Å². The second-order valence-corrected chi connectivity index (χ2v) is 4.22. The van der Waals surface area contributed by atoms with Gasteiger partial charge in [-0.2, -0.15) is 0 Å². The monoisotopic (exact) mass is 236 g/mol. The Hall–Kier alpha value is -1.36. The molecule has 0 bridgehead atoms. The number of piperidine rings is 1. The van der Waals surface area contributed by atoms with E-state index in [-0.39, 0.29) is 0 Å². The van der Waals surface area contributed by atoms with Crippen LogP contribution in [-0.4, -0.2) is 42.8 Å². The Balaban J connectivity index is 2.07. The summed E-state index contributed by atoms with van der Waals surface area (Å²) in [7, 11) is 2.01. The third kappa shape index (κ3) is 3.06. The van der Waals surface area contributed by atoms with Gasteiger partial charge in [-0.05, 0) is 26.8 Å². The molecule has 94 valence electrons. The number of aromatic nitrogens is 2. The molecule has 0 amide bonds. The molecule has 1 saturated heterocycles. The van der Waals surface area contributed by atoms with E-state index in [1.165, 1.54) is 12.8 Å². The number of ether oxygens (including phenoxy) is 1. The van der Waals surface area contributed by atoms with Crippen molar-refractivity contribution < 1.29 is 4.74 Å². The highest BCUT2D eigenvalue weighted by molar-refractivity contribution is 5.41. The van der Waals surface area contributed by atoms with E-state index in [2.05, 4.69) is 20.2 Å². The summed E-state index contributed by atoms with van der Waals surface area (Å²) < 4.78 is 5.40. The first-order valence-corrected chi connectivity index (χ1v) is 6.20. The van der Waals surface area contributed by atoms with Crippen molar-refractivity contribution >= 4 is 5.82 Å². The fourth-order valence-electron chi connectivity index (χ4n) is 2.15. The lowest BCUT2D eigenvalue weighted by atomic mass is 10.1. The summed E-state index contributed by atoms with van der Waals surface area (Å²) in [6.45, 7) is 4.65. The molecule has 0 unspecified atom stereocenters. The topological polar surface area (TPSA) is 50.3 Å². The Morgan fingerprint density at radius 3 is 3.18 bits per heavy atom. The summed E-state index contributed by atoms with van der Waals surface area (Å²) in [6.07, 6.45) is 4.00. The maximum absolute atomic E-state index is 5.40. The van der Waals surface area contributed by atoms with Crippen LogP contribution in [0.5, 0.6) is 5.88 Å². The van der Waals surface area contributed by atoms with Crippen molar-refractivity contribution in [2.24, 2.45) is 0 Å². The van der Waals surface area contributed by atoms with E-state index in [0.29, 0.717) is 18.5 Å². The average Bonchev–Trinajstić information content (AvgIpc) is 2.40. The molecule has 0 spiro atoms. The van der Waals surface area contributed by atoms with Gasteiger partial charge in [0.25, 0.3) is 0 Å². The summed E-state index contributed by atoms with van der Waals surface area (Å²) >= 11 is 0. The van der Waals surface area contributed by atoms with E-state index < -0.39 is 0 Å². The molecule has 0 aliphatic carbocycles. The summed E-state index contributed by atoms with van der Waals surface area (Å²) in [5.41, 5.74) is 0. The van der Waals surface area contributed by atoms with Crippen LogP contribution in [0, 0.1) is 0 Å². The number of nitrogens with one attached hydrogen (secondary N) is 1. The third-order valence-electron chi connectivity index (χ3n) is 3.07. The van der Waals surface area contributed by atoms with Crippen LogP contribution < -0.4 is 15.0 Å². The number of hydrogen-bond donors (Lipinski definition) is 1. The van der Waals surface area contributed by atoms with E-state index in [1.54, 1.807) is 6.33 Å². The smallest absolute Gasteiger partial charge is 0.218 e. The largest absolute Gasteiger partial charge is 0.478 e. The van der Waals surface area contributed by atoms with Crippen LogP contribution >= 0.6 is 0 Å². The van der Waals surface area contributed by atoms with Gasteiger partial charge >= 0.3 is 0 Å². The van der Waals surface area contributed by atoms with Gasteiger partial charge in [0, 0.05) is 25.2 Å². The highest BCUT2D eigenvalue weighted by atomic mass is 16.5. The van der Waals surface area contributed by atoms with Gasteiger partial charge in [-0.3, -0.25) is 0 Å². The highest BCUT2D eigenvalue weighted by Gasteiger charge is 2.19. The molecular formula is C12H20N4O. The molecule has 0 saturated carbocycles. The summed E-state index contributed by atoms with van der Waals surface area (Å²) in [6, 6.07) is 2.47. The van der Waals surface area contributed by atoms with Gasteiger partial charge in [0.15, 0.2) is 0 Å². The summed E-state index contributed by atoms with van der Waals surface area (Å²) in [5.74, 6) is 1.62.